The highest BCUT2D eigenvalue weighted by molar-refractivity contribution is 7.91. The molecule has 0 bridgehead atoms. The van der Waals surface area contributed by atoms with E-state index in [9.17, 15) is 18.0 Å². The molecule has 1 fully saturated rings. The van der Waals surface area contributed by atoms with Crippen molar-refractivity contribution in [3.05, 3.63) is 42.0 Å². The second kappa shape index (κ2) is 8.70. The molecule has 4 rings (SSSR count). The Bertz CT molecular complexity index is 1160. The largest absolute Gasteiger partial charge is 0.492 e. The number of esters is 1. The molecule has 1 amide bonds. The lowest BCUT2D eigenvalue weighted by Crippen LogP contribution is -2.29. The van der Waals surface area contributed by atoms with E-state index >= 15 is 0 Å². The maximum absolute atomic E-state index is 12.4. The predicted molar refractivity (Wildman–Crippen MR) is 113 cm³/mol. The van der Waals surface area contributed by atoms with Crippen LogP contribution < -0.4 is 14.2 Å². The number of sulfone groups is 1. The van der Waals surface area contributed by atoms with Gasteiger partial charge in [0.1, 0.15) is 27.9 Å². The topological polar surface area (TPSA) is 108 Å². The van der Waals surface area contributed by atoms with Crippen LogP contribution in [0.1, 0.15) is 23.2 Å². The van der Waals surface area contributed by atoms with Crippen molar-refractivity contribution in [2.45, 2.75) is 23.8 Å². The Labute approximate surface area is 185 Å². The fourth-order valence-corrected chi connectivity index (χ4v) is 5.01. The van der Waals surface area contributed by atoms with Crippen molar-refractivity contribution in [2.24, 2.45) is 0 Å². The smallest absolute Gasteiger partial charge is 0.338 e. The highest BCUT2D eigenvalue weighted by Gasteiger charge is 2.31. The first kappa shape index (κ1) is 21.9. The van der Waals surface area contributed by atoms with Crippen molar-refractivity contribution in [1.29, 1.82) is 0 Å². The Morgan fingerprint density at radius 1 is 1.12 bits per heavy atom. The van der Waals surface area contributed by atoms with Crippen molar-refractivity contribution < 1.29 is 37.0 Å². The Hall–Kier alpha value is -3.27. The van der Waals surface area contributed by atoms with Crippen LogP contribution in [0.25, 0.3) is 0 Å². The predicted octanol–water partition coefficient (Wildman–Crippen LogP) is 2.43. The maximum atomic E-state index is 12.4. The third kappa shape index (κ3) is 4.50. The highest BCUT2D eigenvalue weighted by Crippen LogP contribution is 2.35. The number of methoxy groups -OCH3 is 1. The van der Waals surface area contributed by atoms with Gasteiger partial charge in [-0.15, -0.1) is 0 Å². The molecule has 1 atom stereocenters. The third-order valence-electron chi connectivity index (χ3n) is 5.26. The number of likely N-dealkylation sites (tertiary alicyclic amines) is 1. The number of likely N-dealkylation sites (N-methyl/N-ethyl adjacent to an activating group) is 1. The summed E-state index contributed by atoms with van der Waals surface area (Å²) >= 11 is 0. The minimum absolute atomic E-state index is 0.0250. The van der Waals surface area contributed by atoms with Gasteiger partial charge in [0.05, 0.1) is 25.0 Å². The summed E-state index contributed by atoms with van der Waals surface area (Å²) in [5.74, 6) is 0.387. The molecule has 2 heterocycles. The van der Waals surface area contributed by atoms with Crippen LogP contribution in [0.2, 0.25) is 0 Å². The van der Waals surface area contributed by atoms with E-state index in [-0.39, 0.29) is 46.0 Å². The maximum Gasteiger partial charge on any atom is 0.338 e. The van der Waals surface area contributed by atoms with Gasteiger partial charge >= 0.3 is 5.97 Å². The monoisotopic (exact) mass is 461 g/mol. The SMILES string of the molecule is COC(=O)c1cc(Oc2ccc3c(c2)OCCCS3(=O)=O)cc(O[C@H]2CCN(C)C2=O)c1. The average molecular weight is 461 g/mol. The number of rotatable bonds is 5. The Morgan fingerprint density at radius 3 is 2.62 bits per heavy atom. The molecular formula is C22H23NO8S. The van der Waals surface area contributed by atoms with E-state index in [4.69, 9.17) is 18.9 Å². The van der Waals surface area contributed by atoms with Crippen LogP contribution in [0.15, 0.2) is 41.3 Å². The van der Waals surface area contributed by atoms with E-state index in [0.29, 0.717) is 25.1 Å². The zero-order valence-electron chi connectivity index (χ0n) is 17.7. The summed E-state index contributed by atoms with van der Waals surface area (Å²) in [6.45, 7) is 0.872. The Balaban J connectivity index is 1.63. The molecule has 0 aromatic heterocycles. The fraction of sp³-hybridized carbons (Fsp3) is 0.364. The number of hydrogen-bond donors (Lipinski definition) is 0. The zero-order valence-corrected chi connectivity index (χ0v) is 18.5. The molecule has 2 aliphatic rings. The van der Waals surface area contributed by atoms with Crippen LogP contribution in [0.3, 0.4) is 0 Å². The van der Waals surface area contributed by atoms with E-state index in [1.807, 2.05) is 0 Å². The van der Waals surface area contributed by atoms with E-state index in [1.54, 1.807) is 18.0 Å². The van der Waals surface area contributed by atoms with Crippen LogP contribution in [-0.4, -0.2) is 64.4 Å². The Morgan fingerprint density at radius 2 is 1.91 bits per heavy atom. The zero-order chi connectivity index (χ0) is 22.9. The van der Waals surface area contributed by atoms with Crippen LogP contribution in [0.4, 0.5) is 0 Å². The molecule has 0 aliphatic carbocycles. The standard InChI is InChI=1S/C22H23NO8S/c1-23-7-6-18(21(23)24)31-17-11-14(22(25)28-2)10-16(12-17)30-15-4-5-20-19(13-15)29-8-3-9-32(20,26)27/h4-5,10-13,18H,3,6-9H2,1-2H3/t18-/m0/s1. The molecule has 32 heavy (non-hydrogen) atoms. The van der Waals surface area contributed by atoms with Crippen LogP contribution in [0, 0.1) is 0 Å². The van der Waals surface area contributed by atoms with E-state index in [0.717, 1.165) is 0 Å². The van der Waals surface area contributed by atoms with Crippen molar-refractivity contribution in [3.8, 4) is 23.0 Å². The van der Waals surface area contributed by atoms with Gasteiger partial charge in [-0.25, -0.2) is 13.2 Å². The van der Waals surface area contributed by atoms with Crippen molar-refractivity contribution in [1.82, 2.24) is 4.90 Å². The fourth-order valence-electron chi connectivity index (χ4n) is 3.60. The molecule has 170 valence electrons. The number of carbonyl (C=O) groups is 2. The van der Waals surface area contributed by atoms with Gasteiger partial charge in [0.2, 0.25) is 0 Å². The quantitative estimate of drug-likeness (QED) is 0.625. The summed E-state index contributed by atoms with van der Waals surface area (Å²) in [4.78, 5) is 26.0. The first-order valence-electron chi connectivity index (χ1n) is 10.1. The molecule has 0 unspecified atom stereocenters. The summed E-state index contributed by atoms with van der Waals surface area (Å²) in [5.41, 5.74) is 0.187. The first-order valence-corrected chi connectivity index (χ1v) is 11.7. The van der Waals surface area contributed by atoms with Crippen molar-refractivity contribution in [2.75, 3.05) is 33.1 Å². The second-order valence-corrected chi connectivity index (χ2v) is 9.65. The molecule has 1 saturated heterocycles. The highest BCUT2D eigenvalue weighted by atomic mass is 32.2. The molecule has 2 aliphatic heterocycles. The van der Waals surface area contributed by atoms with Crippen LogP contribution in [0.5, 0.6) is 23.0 Å². The van der Waals surface area contributed by atoms with Crippen molar-refractivity contribution >= 4 is 21.7 Å². The molecule has 9 nitrogen and oxygen atoms in total. The van der Waals surface area contributed by atoms with E-state index in [1.165, 1.54) is 37.4 Å². The number of ether oxygens (including phenoxy) is 4. The summed E-state index contributed by atoms with van der Waals surface area (Å²) in [6.07, 6.45) is 0.293. The normalized spacial score (nSPS) is 19.5. The number of fused-ring (bicyclic) bond motifs is 1. The van der Waals surface area contributed by atoms with Crippen molar-refractivity contribution in [3.63, 3.8) is 0 Å². The Kier molecular flexibility index (Phi) is 5.96. The third-order valence-corrected chi connectivity index (χ3v) is 7.09. The molecule has 0 spiro atoms. The van der Waals surface area contributed by atoms with E-state index in [2.05, 4.69) is 0 Å². The molecule has 0 radical (unpaired) electrons. The summed E-state index contributed by atoms with van der Waals surface area (Å²) in [5, 5.41) is 0. The lowest BCUT2D eigenvalue weighted by Gasteiger charge is -2.16. The lowest BCUT2D eigenvalue weighted by atomic mass is 10.2. The second-order valence-electron chi connectivity index (χ2n) is 7.57. The molecule has 0 saturated carbocycles. The van der Waals surface area contributed by atoms with Gasteiger partial charge in [-0.3, -0.25) is 4.79 Å². The van der Waals surface area contributed by atoms with Crippen LogP contribution >= 0.6 is 0 Å². The minimum atomic E-state index is -3.42. The van der Waals surface area contributed by atoms with E-state index < -0.39 is 21.9 Å². The first-order chi connectivity index (χ1) is 15.3. The summed E-state index contributed by atoms with van der Waals surface area (Å²) < 4.78 is 46.8. The average Bonchev–Trinajstić information content (AvgIpc) is 2.99. The molecule has 0 N–H and O–H groups in total. The number of carbonyl (C=O) groups excluding carboxylic acids is 2. The number of amides is 1. The molecular weight excluding hydrogens is 438 g/mol. The molecule has 2 aromatic carbocycles. The molecule has 2 aromatic rings. The van der Waals surface area contributed by atoms with Gasteiger partial charge in [-0.1, -0.05) is 0 Å². The number of benzene rings is 2. The number of nitrogens with zero attached hydrogens (tertiary/aromatic N) is 1. The summed E-state index contributed by atoms with van der Waals surface area (Å²) in [6, 6.07) is 8.98. The van der Waals surface area contributed by atoms with Gasteiger partial charge in [-0.2, -0.15) is 0 Å². The van der Waals surface area contributed by atoms with Crippen LogP contribution in [-0.2, 0) is 19.4 Å². The van der Waals surface area contributed by atoms with Gasteiger partial charge in [0, 0.05) is 32.1 Å². The van der Waals surface area contributed by atoms with Gasteiger partial charge in [0.15, 0.2) is 15.9 Å². The number of hydrogen-bond acceptors (Lipinski definition) is 8. The minimum Gasteiger partial charge on any atom is -0.492 e. The summed E-state index contributed by atoms with van der Waals surface area (Å²) in [7, 11) is -0.457. The van der Waals surface area contributed by atoms with Gasteiger partial charge in [0.25, 0.3) is 5.91 Å². The molecule has 10 heteroatoms. The van der Waals surface area contributed by atoms with Gasteiger partial charge in [-0.05, 0) is 30.7 Å². The van der Waals surface area contributed by atoms with Gasteiger partial charge < -0.3 is 23.8 Å². The lowest BCUT2D eigenvalue weighted by molar-refractivity contribution is -0.132.